The topological polar surface area (TPSA) is 58.6 Å². The predicted octanol–water partition coefficient (Wildman–Crippen LogP) is 5.90. The molecule has 162 valence electrons. The zero-order valence-electron chi connectivity index (χ0n) is 17.7. The summed E-state index contributed by atoms with van der Waals surface area (Å²) in [5.41, 5.74) is 2.17. The van der Waals surface area contributed by atoms with Gasteiger partial charge in [0.1, 0.15) is 11.4 Å². The molecule has 0 spiro atoms. The highest BCUT2D eigenvalue weighted by atomic mass is 35.5. The number of para-hydroxylation sites is 2. The molecule has 5 rings (SSSR count). The first kappa shape index (κ1) is 20.8. The molecule has 0 radical (unpaired) electrons. The van der Waals surface area contributed by atoms with Crippen LogP contribution in [0.1, 0.15) is 5.56 Å². The Hall–Kier alpha value is -4.09. The summed E-state index contributed by atoms with van der Waals surface area (Å²) in [5.74, 6) is -0.285. The molecule has 1 aliphatic rings. The molecule has 5 nitrogen and oxygen atoms in total. The van der Waals surface area contributed by atoms with Crippen molar-refractivity contribution in [2.75, 3.05) is 17.3 Å². The maximum absolute atomic E-state index is 13.7. The van der Waals surface area contributed by atoms with E-state index in [9.17, 15) is 9.59 Å². The Kier molecular flexibility index (Phi) is 5.32. The fraction of sp³-hybridized carbons (Fsp3) is 0.0370. The molecule has 0 unspecified atom stereocenters. The summed E-state index contributed by atoms with van der Waals surface area (Å²) in [7, 11) is 1.55. The van der Waals surface area contributed by atoms with Crippen molar-refractivity contribution < 1.29 is 14.3 Å². The lowest BCUT2D eigenvalue weighted by Gasteiger charge is -2.18. The van der Waals surface area contributed by atoms with Gasteiger partial charge in [-0.05, 0) is 41.3 Å². The highest BCUT2D eigenvalue weighted by molar-refractivity contribution is 6.47. The van der Waals surface area contributed by atoms with Crippen LogP contribution in [-0.2, 0) is 9.59 Å². The zero-order chi connectivity index (χ0) is 22.9. The minimum atomic E-state index is -0.438. The molecule has 4 aromatic carbocycles. The molecule has 1 aliphatic heterocycles. The third-order valence-corrected chi connectivity index (χ3v) is 5.84. The SMILES string of the molecule is COc1ccccc1NC1=C(c2ccc(Cl)cc2)C(=O)N(c2cccc3ccccc23)C1=O. The molecule has 1 heterocycles. The van der Waals surface area contributed by atoms with Gasteiger partial charge in [-0.3, -0.25) is 9.59 Å². The van der Waals surface area contributed by atoms with Crippen LogP contribution in [0.4, 0.5) is 11.4 Å². The molecule has 2 amide bonds. The fourth-order valence-electron chi connectivity index (χ4n) is 4.03. The van der Waals surface area contributed by atoms with Crippen molar-refractivity contribution >= 4 is 51.1 Å². The lowest BCUT2D eigenvalue weighted by atomic mass is 10.0. The van der Waals surface area contributed by atoms with E-state index in [-0.39, 0.29) is 11.3 Å². The van der Waals surface area contributed by atoms with Gasteiger partial charge in [-0.25, -0.2) is 4.90 Å². The largest absolute Gasteiger partial charge is 0.495 e. The molecule has 0 saturated carbocycles. The van der Waals surface area contributed by atoms with Gasteiger partial charge in [0.15, 0.2) is 0 Å². The molecule has 0 atom stereocenters. The summed E-state index contributed by atoms with van der Waals surface area (Å²) in [5, 5.41) is 5.46. The highest BCUT2D eigenvalue weighted by Crippen LogP contribution is 2.38. The average molecular weight is 455 g/mol. The molecule has 0 aromatic heterocycles. The Morgan fingerprint density at radius 3 is 2.27 bits per heavy atom. The normalized spacial score (nSPS) is 13.7. The third kappa shape index (κ3) is 3.62. The van der Waals surface area contributed by atoms with Crippen molar-refractivity contribution in [2.24, 2.45) is 0 Å². The minimum absolute atomic E-state index is 0.180. The Morgan fingerprint density at radius 1 is 0.788 bits per heavy atom. The summed E-state index contributed by atoms with van der Waals surface area (Å²) in [4.78, 5) is 28.7. The van der Waals surface area contributed by atoms with Crippen LogP contribution in [-0.4, -0.2) is 18.9 Å². The summed E-state index contributed by atoms with van der Waals surface area (Å²) < 4.78 is 5.43. The maximum Gasteiger partial charge on any atom is 0.282 e. The Labute approximate surface area is 195 Å². The molecule has 0 fully saturated rings. The molecule has 33 heavy (non-hydrogen) atoms. The van der Waals surface area contributed by atoms with Crippen molar-refractivity contribution in [1.29, 1.82) is 0 Å². The van der Waals surface area contributed by atoms with Crippen LogP contribution in [0, 0.1) is 0 Å². The first-order chi connectivity index (χ1) is 16.1. The monoisotopic (exact) mass is 454 g/mol. The number of hydrogen-bond acceptors (Lipinski definition) is 4. The number of rotatable bonds is 5. The number of carbonyl (C=O) groups is 2. The number of benzene rings is 4. The van der Waals surface area contributed by atoms with Crippen LogP contribution < -0.4 is 15.0 Å². The number of nitrogens with zero attached hydrogens (tertiary/aromatic N) is 1. The number of carbonyl (C=O) groups excluding carboxylic acids is 2. The first-order valence-electron chi connectivity index (χ1n) is 10.4. The molecule has 0 bridgehead atoms. The summed E-state index contributed by atoms with van der Waals surface area (Å²) in [6.45, 7) is 0. The number of amides is 2. The Morgan fingerprint density at radius 2 is 1.48 bits per heavy atom. The van der Waals surface area contributed by atoms with Crippen molar-refractivity contribution in [3.8, 4) is 5.75 Å². The van der Waals surface area contributed by atoms with Gasteiger partial charge >= 0.3 is 0 Å². The quantitative estimate of drug-likeness (QED) is 0.381. The maximum atomic E-state index is 13.7. The van der Waals surface area contributed by atoms with E-state index in [1.54, 1.807) is 49.6 Å². The molecule has 0 aliphatic carbocycles. The van der Waals surface area contributed by atoms with Gasteiger partial charge in [-0.15, -0.1) is 0 Å². The second-order valence-corrected chi connectivity index (χ2v) is 7.96. The number of nitrogens with one attached hydrogen (secondary N) is 1. The van der Waals surface area contributed by atoms with Gasteiger partial charge in [0, 0.05) is 10.4 Å². The van der Waals surface area contributed by atoms with Gasteiger partial charge in [0.05, 0.1) is 24.1 Å². The summed E-state index contributed by atoms with van der Waals surface area (Å²) in [6, 6.07) is 27.3. The van der Waals surface area contributed by atoms with E-state index in [0.29, 0.717) is 27.7 Å². The lowest BCUT2D eigenvalue weighted by Crippen LogP contribution is -2.32. The van der Waals surface area contributed by atoms with E-state index in [2.05, 4.69) is 5.32 Å². The first-order valence-corrected chi connectivity index (χ1v) is 10.7. The van der Waals surface area contributed by atoms with Gasteiger partial charge in [-0.1, -0.05) is 72.3 Å². The second kappa shape index (κ2) is 8.45. The highest BCUT2D eigenvalue weighted by Gasteiger charge is 2.41. The van der Waals surface area contributed by atoms with Crippen LogP contribution >= 0.6 is 11.6 Å². The molecular weight excluding hydrogens is 436 g/mol. The van der Waals surface area contributed by atoms with Crippen molar-refractivity contribution in [1.82, 2.24) is 0 Å². The van der Waals surface area contributed by atoms with E-state index in [4.69, 9.17) is 16.3 Å². The molecule has 6 heteroatoms. The van der Waals surface area contributed by atoms with E-state index in [1.165, 1.54) is 4.90 Å². The zero-order valence-corrected chi connectivity index (χ0v) is 18.5. The number of hydrogen-bond donors (Lipinski definition) is 1. The number of halogens is 1. The lowest BCUT2D eigenvalue weighted by molar-refractivity contribution is -0.120. The van der Waals surface area contributed by atoms with Crippen molar-refractivity contribution in [3.63, 3.8) is 0 Å². The molecule has 0 saturated heterocycles. The predicted molar refractivity (Wildman–Crippen MR) is 131 cm³/mol. The van der Waals surface area contributed by atoms with Gasteiger partial charge in [-0.2, -0.15) is 0 Å². The minimum Gasteiger partial charge on any atom is -0.495 e. The van der Waals surface area contributed by atoms with Crippen molar-refractivity contribution in [2.45, 2.75) is 0 Å². The number of methoxy groups -OCH3 is 1. The van der Waals surface area contributed by atoms with E-state index in [0.717, 1.165) is 10.8 Å². The fourth-order valence-corrected chi connectivity index (χ4v) is 4.16. The van der Waals surface area contributed by atoms with E-state index in [1.807, 2.05) is 48.5 Å². The van der Waals surface area contributed by atoms with Crippen LogP contribution in [0.3, 0.4) is 0 Å². The molecule has 1 N–H and O–H groups in total. The Balaban J connectivity index is 1.67. The Bertz CT molecular complexity index is 1420. The molecule has 4 aromatic rings. The standard InChI is InChI=1S/C27H19ClN2O3/c1-33-23-12-5-4-10-21(23)29-25-24(18-13-15-19(28)16-14-18)26(31)30(27(25)32)22-11-6-8-17-7-2-3-9-20(17)22/h2-16,29H,1H3. The number of anilines is 2. The van der Waals surface area contributed by atoms with Crippen LogP contribution in [0.5, 0.6) is 5.75 Å². The van der Waals surface area contributed by atoms with Crippen LogP contribution in [0.25, 0.3) is 16.3 Å². The van der Waals surface area contributed by atoms with Crippen LogP contribution in [0.15, 0.2) is 96.7 Å². The summed E-state index contributed by atoms with van der Waals surface area (Å²) in [6.07, 6.45) is 0. The van der Waals surface area contributed by atoms with Gasteiger partial charge in [0.25, 0.3) is 11.8 Å². The van der Waals surface area contributed by atoms with E-state index < -0.39 is 11.8 Å². The van der Waals surface area contributed by atoms with Gasteiger partial charge < -0.3 is 10.1 Å². The second-order valence-electron chi connectivity index (χ2n) is 7.53. The molecular formula is C27H19ClN2O3. The number of ether oxygens (including phenoxy) is 1. The third-order valence-electron chi connectivity index (χ3n) is 5.59. The smallest absolute Gasteiger partial charge is 0.282 e. The number of fused-ring (bicyclic) bond motifs is 1. The van der Waals surface area contributed by atoms with Crippen LogP contribution in [0.2, 0.25) is 5.02 Å². The summed E-state index contributed by atoms with van der Waals surface area (Å²) >= 11 is 6.07. The van der Waals surface area contributed by atoms with Gasteiger partial charge in [0.2, 0.25) is 0 Å². The number of imide groups is 1. The van der Waals surface area contributed by atoms with E-state index >= 15 is 0 Å². The average Bonchev–Trinajstić information content (AvgIpc) is 3.08. The van der Waals surface area contributed by atoms with Crippen molar-refractivity contribution in [3.05, 3.63) is 107 Å².